The van der Waals surface area contributed by atoms with Crippen molar-refractivity contribution in [3.8, 4) is 0 Å². The number of carbonyl (C=O) groups is 1. The molecule has 0 saturated heterocycles. The first-order valence-electron chi connectivity index (χ1n) is 7.49. The average Bonchev–Trinajstić information content (AvgIpc) is 3.00. The topological polar surface area (TPSA) is 81.9 Å². The third kappa shape index (κ3) is 3.70. The Morgan fingerprint density at radius 2 is 2.16 bits per heavy atom. The van der Waals surface area contributed by atoms with E-state index >= 15 is 0 Å². The lowest BCUT2D eigenvalue weighted by Crippen LogP contribution is -2.13. The molecule has 2 aromatic heterocycles. The minimum atomic E-state index is -0.607. The first-order chi connectivity index (χ1) is 12.1. The molecule has 0 atom stereocenters. The Hall–Kier alpha value is -3.10. The summed E-state index contributed by atoms with van der Waals surface area (Å²) in [4.78, 5) is 19.6. The Bertz CT molecular complexity index is 913. The molecule has 0 aliphatic carbocycles. The lowest BCUT2D eigenvalue weighted by molar-refractivity contribution is -0.141. The molecular formula is C16H15F2N5O2. The van der Waals surface area contributed by atoms with Gasteiger partial charge in [0.25, 0.3) is 0 Å². The summed E-state index contributed by atoms with van der Waals surface area (Å²) < 4.78 is 32.6. The first-order valence-corrected chi connectivity index (χ1v) is 7.49. The van der Waals surface area contributed by atoms with E-state index in [0.717, 1.165) is 6.07 Å². The lowest BCUT2D eigenvalue weighted by atomic mass is 10.1. The molecule has 1 N–H and O–H groups in total. The number of methoxy groups -OCH3 is 1. The van der Waals surface area contributed by atoms with Crippen LogP contribution < -0.4 is 5.32 Å². The Kier molecular flexibility index (Phi) is 4.82. The molecule has 7 nitrogen and oxygen atoms in total. The largest absolute Gasteiger partial charge is 0.468 e. The van der Waals surface area contributed by atoms with Crippen LogP contribution in [0.25, 0.3) is 11.0 Å². The van der Waals surface area contributed by atoms with Crippen LogP contribution in [0.15, 0.2) is 30.7 Å². The fourth-order valence-corrected chi connectivity index (χ4v) is 2.38. The fourth-order valence-electron chi connectivity index (χ4n) is 2.38. The fraction of sp³-hybridized carbons (Fsp3) is 0.250. The highest BCUT2D eigenvalue weighted by atomic mass is 19.1. The second kappa shape index (κ2) is 7.20. The van der Waals surface area contributed by atoms with Crippen molar-refractivity contribution in [1.82, 2.24) is 19.7 Å². The molecule has 25 heavy (non-hydrogen) atoms. The van der Waals surface area contributed by atoms with Gasteiger partial charge in [0.05, 0.1) is 18.7 Å². The SMILES string of the molecule is COC(=O)Cn1ncc2c(NCCc3ccc(F)cc3F)ncnc21. The number of carbonyl (C=O) groups excluding carboxylic acids is 1. The van der Waals surface area contributed by atoms with Crippen LogP contribution in [-0.2, 0) is 22.5 Å². The normalized spacial score (nSPS) is 10.8. The predicted octanol–water partition coefficient (Wildman–Crippen LogP) is 1.93. The second-order valence-corrected chi connectivity index (χ2v) is 5.25. The van der Waals surface area contributed by atoms with Gasteiger partial charge >= 0.3 is 5.97 Å². The van der Waals surface area contributed by atoms with E-state index in [9.17, 15) is 13.6 Å². The molecule has 0 amide bonds. The van der Waals surface area contributed by atoms with Crippen molar-refractivity contribution in [2.24, 2.45) is 0 Å². The monoisotopic (exact) mass is 347 g/mol. The Labute approximate surface area is 141 Å². The number of rotatable bonds is 6. The number of esters is 1. The number of halogens is 2. The number of nitrogens with one attached hydrogen (secondary N) is 1. The van der Waals surface area contributed by atoms with Crippen molar-refractivity contribution in [3.05, 3.63) is 47.9 Å². The number of ether oxygens (including phenoxy) is 1. The van der Waals surface area contributed by atoms with E-state index in [1.165, 1.54) is 30.3 Å². The number of anilines is 1. The van der Waals surface area contributed by atoms with Gasteiger partial charge in [-0.15, -0.1) is 0 Å². The van der Waals surface area contributed by atoms with Crippen molar-refractivity contribution in [2.45, 2.75) is 13.0 Å². The Morgan fingerprint density at radius 3 is 2.92 bits per heavy atom. The maximum atomic E-state index is 13.6. The van der Waals surface area contributed by atoms with E-state index in [2.05, 4.69) is 25.1 Å². The number of fused-ring (bicyclic) bond motifs is 1. The highest BCUT2D eigenvalue weighted by Crippen LogP contribution is 2.19. The molecule has 9 heteroatoms. The van der Waals surface area contributed by atoms with E-state index in [-0.39, 0.29) is 6.54 Å². The minimum absolute atomic E-state index is 0.0583. The van der Waals surface area contributed by atoms with Gasteiger partial charge in [-0.05, 0) is 18.1 Å². The molecule has 0 spiro atoms. The zero-order valence-corrected chi connectivity index (χ0v) is 13.4. The number of hydrogen-bond acceptors (Lipinski definition) is 6. The average molecular weight is 347 g/mol. The van der Waals surface area contributed by atoms with Crippen LogP contribution in [0.4, 0.5) is 14.6 Å². The standard InChI is InChI=1S/C16H15F2N5O2/c1-25-14(24)8-23-16-12(7-22-23)15(20-9-21-16)19-5-4-10-2-3-11(17)6-13(10)18/h2-3,6-7,9H,4-5,8H2,1H3,(H,19,20,21). The van der Waals surface area contributed by atoms with Crippen molar-refractivity contribution < 1.29 is 18.3 Å². The van der Waals surface area contributed by atoms with Gasteiger partial charge in [0.15, 0.2) is 5.65 Å². The Morgan fingerprint density at radius 1 is 1.32 bits per heavy atom. The summed E-state index contributed by atoms with van der Waals surface area (Å²) in [5.74, 6) is -1.11. The van der Waals surface area contributed by atoms with E-state index in [1.807, 2.05) is 0 Å². The van der Waals surface area contributed by atoms with Gasteiger partial charge in [-0.2, -0.15) is 5.10 Å². The van der Waals surface area contributed by atoms with E-state index in [0.29, 0.717) is 35.4 Å². The molecule has 0 aliphatic rings. The Balaban J connectivity index is 1.72. The van der Waals surface area contributed by atoms with Crippen LogP contribution in [0, 0.1) is 11.6 Å². The summed E-state index contributed by atoms with van der Waals surface area (Å²) in [5.41, 5.74) is 0.886. The molecule has 2 heterocycles. The van der Waals surface area contributed by atoms with Crippen LogP contribution >= 0.6 is 0 Å². The zero-order valence-electron chi connectivity index (χ0n) is 13.4. The van der Waals surface area contributed by atoms with Gasteiger partial charge in [-0.1, -0.05) is 6.07 Å². The van der Waals surface area contributed by atoms with Crippen LogP contribution in [0.2, 0.25) is 0 Å². The highest BCUT2D eigenvalue weighted by Gasteiger charge is 2.12. The smallest absolute Gasteiger partial charge is 0.327 e. The summed E-state index contributed by atoms with van der Waals surface area (Å²) >= 11 is 0. The quantitative estimate of drug-likeness (QED) is 0.686. The van der Waals surface area contributed by atoms with E-state index in [1.54, 1.807) is 6.20 Å². The van der Waals surface area contributed by atoms with Crippen molar-refractivity contribution in [2.75, 3.05) is 19.0 Å². The number of hydrogen-bond donors (Lipinski definition) is 1. The summed E-state index contributed by atoms with van der Waals surface area (Å²) in [6.07, 6.45) is 3.24. The molecule has 3 aromatic rings. The molecule has 0 bridgehead atoms. The molecule has 0 radical (unpaired) electrons. The molecule has 0 saturated carbocycles. The van der Waals surface area contributed by atoms with Crippen molar-refractivity contribution >= 4 is 22.8 Å². The van der Waals surface area contributed by atoms with Crippen LogP contribution in [0.3, 0.4) is 0 Å². The second-order valence-electron chi connectivity index (χ2n) is 5.25. The molecule has 130 valence electrons. The van der Waals surface area contributed by atoms with E-state index in [4.69, 9.17) is 0 Å². The molecule has 0 aliphatic heterocycles. The third-order valence-corrected chi connectivity index (χ3v) is 3.64. The third-order valence-electron chi connectivity index (χ3n) is 3.64. The summed E-state index contributed by atoms with van der Waals surface area (Å²) in [7, 11) is 1.30. The molecule has 0 unspecified atom stereocenters. The van der Waals surface area contributed by atoms with Crippen molar-refractivity contribution in [3.63, 3.8) is 0 Å². The van der Waals surface area contributed by atoms with Gasteiger partial charge in [0, 0.05) is 12.6 Å². The van der Waals surface area contributed by atoms with E-state index < -0.39 is 17.6 Å². The summed E-state index contributed by atoms with van der Waals surface area (Å²) in [6.45, 7) is 0.327. The van der Waals surface area contributed by atoms with Gasteiger partial charge in [0.1, 0.15) is 30.3 Å². The first kappa shape index (κ1) is 16.7. The number of nitrogens with zero attached hydrogens (tertiary/aromatic N) is 4. The summed E-state index contributed by atoms with van der Waals surface area (Å²) in [5, 5.41) is 7.81. The predicted molar refractivity (Wildman–Crippen MR) is 85.9 cm³/mol. The van der Waals surface area contributed by atoms with Crippen LogP contribution in [0.5, 0.6) is 0 Å². The molecular weight excluding hydrogens is 332 g/mol. The molecule has 1 aromatic carbocycles. The lowest BCUT2D eigenvalue weighted by Gasteiger charge is -2.07. The maximum absolute atomic E-state index is 13.6. The molecule has 3 rings (SSSR count). The zero-order chi connectivity index (χ0) is 17.8. The van der Waals surface area contributed by atoms with Crippen LogP contribution in [-0.4, -0.2) is 39.4 Å². The van der Waals surface area contributed by atoms with Gasteiger partial charge in [-0.3, -0.25) is 4.79 Å². The number of aromatic nitrogens is 4. The highest BCUT2D eigenvalue weighted by molar-refractivity contribution is 5.86. The molecule has 0 fully saturated rings. The van der Waals surface area contributed by atoms with Crippen molar-refractivity contribution in [1.29, 1.82) is 0 Å². The number of benzene rings is 1. The maximum Gasteiger partial charge on any atom is 0.327 e. The van der Waals surface area contributed by atoms with Crippen LogP contribution in [0.1, 0.15) is 5.56 Å². The van der Waals surface area contributed by atoms with Gasteiger partial charge in [-0.25, -0.2) is 23.4 Å². The minimum Gasteiger partial charge on any atom is -0.468 e. The van der Waals surface area contributed by atoms with Gasteiger partial charge in [0.2, 0.25) is 0 Å². The summed E-state index contributed by atoms with van der Waals surface area (Å²) in [6, 6.07) is 3.49. The van der Waals surface area contributed by atoms with Gasteiger partial charge < -0.3 is 10.1 Å².